The van der Waals surface area contributed by atoms with Gasteiger partial charge in [-0.15, -0.1) is 0 Å². The standard InChI is InChI=1S/C33H54FN7O5P.ClH/c1-9-41(33(46-47-42,44-31(2,3)4)45-32(5,6)7)20-14-17-25(41)22-35-28-38-29(36-23-15-12-10-11-13-16-23)40-30(39-28)37-24-18-19-27(43-8)26(34)21-24;/h18-19,21,23,25H,9-17,20,22H2,1-8H3,(H3,35,36,37,38,39,40);1H/q+1;/p-1. The minimum Gasteiger partial charge on any atom is -1.00 e. The lowest BCUT2D eigenvalue weighted by Crippen LogP contribution is -3.00. The number of ether oxygens (including phenoxy) is 3. The molecule has 1 saturated carbocycles. The summed E-state index contributed by atoms with van der Waals surface area (Å²) in [6, 6.07) is 4.81. The van der Waals surface area contributed by atoms with Crippen LogP contribution in [0.1, 0.15) is 99.8 Å². The fraction of sp³-hybridized carbons (Fsp3) is 0.727. The molecule has 2 fully saturated rings. The minimum absolute atomic E-state index is 0. The van der Waals surface area contributed by atoms with Gasteiger partial charge in [0.05, 0.1) is 37.9 Å². The third-order valence-corrected chi connectivity index (χ3v) is 8.96. The van der Waals surface area contributed by atoms with Crippen molar-refractivity contribution < 1.29 is 44.6 Å². The van der Waals surface area contributed by atoms with Crippen molar-refractivity contribution >= 4 is 32.2 Å². The molecule has 0 radical (unpaired) electrons. The summed E-state index contributed by atoms with van der Waals surface area (Å²) in [4.78, 5) is 14.1. The van der Waals surface area contributed by atoms with Crippen molar-refractivity contribution in [2.75, 3.05) is 42.7 Å². The summed E-state index contributed by atoms with van der Waals surface area (Å²) in [7, 11) is 0.894. The number of likely N-dealkylation sites (N-methyl/N-ethyl adjacent to an activating group) is 1. The predicted octanol–water partition coefficient (Wildman–Crippen LogP) is 4.78. The average molecular weight is 714 g/mol. The maximum atomic E-state index is 14.5. The van der Waals surface area contributed by atoms with E-state index in [1.54, 1.807) is 12.1 Å². The van der Waals surface area contributed by atoms with E-state index in [0.29, 0.717) is 37.2 Å². The molecule has 2 aromatic rings. The number of halogens is 2. The van der Waals surface area contributed by atoms with Gasteiger partial charge in [-0.1, -0.05) is 25.7 Å². The number of anilines is 4. The highest BCUT2D eigenvalue weighted by molar-refractivity contribution is 7.17. The summed E-state index contributed by atoms with van der Waals surface area (Å²) in [5, 5.41) is 10.1. The molecule has 0 spiro atoms. The third-order valence-electron chi connectivity index (χ3n) is 8.65. The fourth-order valence-electron chi connectivity index (χ4n) is 6.69. The van der Waals surface area contributed by atoms with Gasteiger partial charge in [-0.05, 0) is 73.4 Å². The Bertz CT molecular complexity index is 1320. The zero-order chi connectivity index (χ0) is 34.3. The Hall–Kier alpha value is -2.41. The lowest BCUT2D eigenvalue weighted by atomic mass is 10.1. The molecule has 1 aromatic heterocycles. The van der Waals surface area contributed by atoms with Gasteiger partial charge in [0.1, 0.15) is 6.04 Å². The molecule has 48 heavy (non-hydrogen) atoms. The van der Waals surface area contributed by atoms with Crippen molar-refractivity contribution in [2.45, 2.75) is 129 Å². The Morgan fingerprint density at radius 3 is 2.10 bits per heavy atom. The Kier molecular flexibility index (Phi) is 14.2. The van der Waals surface area contributed by atoms with Crippen LogP contribution in [0.15, 0.2) is 18.2 Å². The number of likely N-dealkylation sites (tertiary alicyclic amines) is 1. The number of hydrogen-bond donors (Lipinski definition) is 3. The molecule has 4 rings (SSSR count). The molecule has 1 aliphatic heterocycles. The number of aromatic nitrogens is 3. The van der Waals surface area contributed by atoms with E-state index in [1.165, 1.54) is 26.0 Å². The molecular weight excluding hydrogens is 660 g/mol. The highest BCUT2D eigenvalue weighted by atomic mass is 35.5. The molecule has 0 amide bonds. The third kappa shape index (κ3) is 10.3. The Labute approximate surface area is 292 Å². The Balaban J connectivity index is 0.00000625. The van der Waals surface area contributed by atoms with E-state index < -0.39 is 31.8 Å². The summed E-state index contributed by atoms with van der Waals surface area (Å²) >= 11 is 0. The van der Waals surface area contributed by atoms with Gasteiger partial charge in [0.2, 0.25) is 17.8 Å². The second-order valence-corrected chi connectivity index (χ2v) is 14.8. The predicted molar refractivity (Wildman–Crippen MR) is 181 cm³/mol. The van der Waals surface area contributed by atoms with Crippen molar-refractivity contribution in [1.82, 2.24) is 15.0 Å². The molecule has 3 N–H and O–H groups in total. The highest BCUT2D eigenvalue weighted by Gasteiger charge is 2.64. The van der Waals surface area contributed by atoms with Gasteiger partial charge < -0.3 is 33.1 Å². The molecule has 2 aliphatic rings. The molecule has 2 heterocycles. The topological polar surface area (TPSA) is 129 Å². The van der Waals surface area contributed by atoms with E-state index in [0.717, 1.165) is 38.5 Å². The first-order chi connectivity index (χ1) is 22.2. The Morgan fingerprint density at radius 2 is 1.54 bits per heavy atom. The lowest BCUT2D eigenvalue weighted by Gasteiger charge is -2.52. The van der Waals surface area contributed by atoms with Gasteiger partial charge in [-0.3, -0.25) is 9.47 Å². The summed E-state index contributed by atoms with van der Waals surface area (Å²) in [5.41, 5.74) is -0.841. The maximum absolute atomic E-state index is 14.5. The van der Waals surface area contributed by atoms with E-state index in [9.17, 15) is 8.96 Å². The second kappa shape index (κ2) is 17.0. The largest absolute Gasteiger partial charge is 1.00 e. The monoisotopic (exact) mass is 713 g/mol. The van der Waals surface area contributed by atoms with Crippen molar-refractivity contribution in [3.05, 3.63) is 24.0 Å². The number of nitrogens with one attached hydrogen (secondary N) is 3. The van der Waals surface area contributed by atoms with Crippen LogP contribution in [0.2, 0.25) is 0 Å². The fourth-order valence-corrected chi connectivity index (χ4v) is 7.02. The maximum Gasteiger partial charge on any atom is 0.461 e. The number of nitrogens with zero attached hydrogens (tertiary/aromatic N) is 4. The molecule has 15 heteroatoms. The van der Waals surface area contributed by atoms with E-state index in [2.05, 4.69) is 32.8 Å². The molecule has 270 valence electrons. The first-order valence-corrected chi connectivity index (χ1v) is 17.6. The van der Waals surface area contributed by atoms with Crippen LogP contribution < -0.4 is 33.1 Å². The molecule has 0 bridgehead atoms. The van der Waals surface area contributed by atoms with Gasteiger partial charge in [0, 0.05) is 30.6 Å². The van der Waals surface area contributed by atoms with Crippen LogP contribution in [0.3, 0.4) is 0 Å². The quantitative estimate of drug-likeness (QED) is 0.108. The van der Waals surface area contributed by atoms with Crippen LogP contribution in [-0.2, 0) is 18.6 Å². The van der Waals surface area contributed by atoms with Crippen molar-refractivity contribution in [1.29, 1.82) is 0 Å². The SMILES string of the molecule is CC[N+]1(C(OP=O)(OC(C)(C)C)OC(C)(C)C)CCCC1CNc1nc(Nc2ccc(OC)c(F)c2)nc(NC2CCCCCC2)n1.[Cl-]. The zero-order valence-corrected chi connectivity index (χ0v) is 31.3. The highest BCUT2D eigenvalue weighted by Crippen LogP contribution is 2.45. The number of benzene rings is 1. The van der Waals surface area contributed by atoms with E-state index >= 15 is 0 Å². The molecule has 1 saturated heterocycles. The van der Waals surface area contributed by atoms with Crippen LogP contribution in [0, 0.1) is 5.82 Å². The number of quaternary nitrogens is 1. The van der Waals surface area contributed by atoms with Crippen molar-refractivity contribution in [2.24, 2.45) is 0 Å². The smallest absolute Gasteiger partial charge is 0.461 e. The van der Waals surface area contributed by atoms with Gasteiger partial charge in [-0.2, -0.15) is 19.5 Å². The number of methoxy groups -OCH3 is 1. The van der Waals surface area contributed by atoms with Crippen LogP contribution in [-0.4, -0.2) is 75.6 Å². The summed E-state index contributed by atoms with van der Waals surface area (Å²) in [6.45, 7) is 15.5. The summed E-state index contributed by atoms with van der Waals surface area (Å²) in [5.74, 6) is 0.760. The van der Waals surface area contributed by atoms with E-state index in [4.69, 9.17) is 23.7 Å². The molecule has 1 aromatic carbocycles. The lowest BCUT2D eigenvalue weighted by molar-refractivity contribution is -1.06. The summed E-state index contributed by atoms with van der Waals surface area (Å²) < 4.78 is 51.3. The van der Waals surface area contributed by atoms with Crippen molar-refractivity contribution in [3.8, 4) is 5.75 Å². The normalized spacial score (nSPS) is 21.0. The van der Waals surface area contributed by atoms with Crippen LogP contribution in [0.5, 0.6) is 5.75 Å². The molecule has 1 aliphatic carbocycles. The van der Waals surface area contributed by atoms with Crippen LogP contribution in [0.4, 0.5) is 27.9 Å². The minimum atomic E-state index is -1.63. The van der Waals surface area contributed by atoms with Gasteiger partial charge in [0.25, 0.3) is 0 Å². The first-order valence-electron chi connectivity index (χ1n) is 16.9. The molecule has 2 atom stereocenters. The van der Waals surface area contributed by atoms with Gasteiger partial charge >= 0.3 is 14.8 Å². The van der Waals surface area contributed by atoms with E-state index in [1.807, 2.05) is 41.5 Å². The number of rotatable bonds is 14. The van der Waals surface area contributed by atoms with Crippen LogP contribution >= 0.6 is 8.69 Å². The first kappa shape index (κ1) is 40.0. The molecule has 12 nitrogen and oxygen atoms in total. The molecular formula is C33H54ClFN7O5P. The van der Waals surface area contributed by atoms with Crippen molar-refractivity contribution in [3.63, 3.8) is 0 Å². The average Bonchev–Trinajstić information content (AvgIpc) is 3.24. The van der Waals surface area contributed by atoms with Gasteiger partial charge in [-0.25, -0.2) is 13.4 Å². The number of hydrogen-bond acceptors (Lipinski definition) is 11. The van der Waals surface area contributed by atoms with E-state index in [-0.39, 0.29) is 40.7 Å². The van der Waals surface area contributed by atoms with Crippen LogP contribution in [0.25, 0.3) is 0 Å². The zero-order valence-electron chi connectivity index (χ0n) is 29.7. The second-order valence-electron chi connectivity index (χ2n) is 14.5. The Morgan fingerprint density at radius 1 is 0.917 bits per heavy atom. The summed E-state index contributed by atoms with van der Waals surface area (Å²) in [6.07, 6.45) is 6.96. The molecule has 2 unspecified atom stereocenters. The van der Waals surface area contributed by atoms with Gasteiger partial charge in [0.15, 0.2) is 11.6 Å².